The van der Waals surface area contributed by atoms with Gasteiger partial charge in [-0.25, -0.2) is 4.98 Å². The summed E-state index contributed by atoms with van der Waals surface area (Å²) in [6.07, 6.45) is -1.58. The highest BCUT2D eigenvalue weighted by atomic mass is 19.4. The van der Waals surface area contributed by atoms with E-state index in [4.69, 9.17) is 5.11 Å². The fraction of sp³-hybridized carbons (Fsp3) is 0.333. The molecule has 4 nitrogen and oxygen atoms in total. The summed E-state index contributed by atoms with van der Waals surface area (Å²) in [6, 6.07) is 4.80. The van der Waals surface area contributed by atoms with E-state index in [1.165, 1.54) is 12.1 Å². The molecule has 1 aromatic carbocycles. The Bertz CT molecular complexity index is 705. The van der Waals surface area contributed by atoms with Crippen LogP contribution in [-0.4, -0.2) is 20.6 Å². The zero-order chi connectivity index (χ0) is 15.9. The topological polar surface area (TPSA) is 55.1 Å². The molecule has 1 aromatic heterocycles. The molecule has 0 aliphatic carbocycles. The van der Waals surface area contributed by atoms with E-state index in [2.05, 4.69) is 4.98 Å². The van der Waals surface area contributed by atoms with Gasteiger partial charge in [0.25, 0.3) is 0 Å². The van der Waals surface area contributed by atoms with Crippen molar-refractivity contribution in [2.75, 3.05) is 0 Å². The van der Waals surface area contributed by atoms with Gasteiger partial charge in [0.1, 0.15) is 5.82 Å². The molecule has 1 aliphatic heterocycles. The molecule has 3 rings (SSSR count). The van der Waals surface area contributed by atoms with Crippen LogP contribution in [0.25, 0.3) is 11.3 Å². The van der Waals surface area contributed by atoms with Crippen LogP contribution in [0.3, 0.4) is 0 Å². The van der Waals surface area contributed by atoms with Crippen LogP contribution >= 0.6 is 0 Å². The van der Waals surface area contributed by atoms with E-state index in [0.29, 0.717) is 30.6 Å². The Morgan fingerprint density at radius 2 is 1.95 bits per heavy atom. The second-order valence-corrected chi connectivity index (χ2v) is 5.34. The van der Waals surface area contributed by atoms with Crippen molar-refractivity contribution < 1.29 is 23.1 Å². The molecule has 0 saturated carbocycles. The molecule has 116 valence electrons. The first-order chi connectivity index (χ1) is 10.3. The van der Waals surface area contributed by atoms with Crippen LogP contribution < -0.4 is 0 Å². The molecule has 7 heteroatoms. The lowest BCUT2D eigenvalue weighted by molar-refractivity contribution is -0.142. The number of hydrogen-bond acceptors (Lipinski definition) is 2. The van der Waals surface area contributed by atoms with Gasteiger partial charge < -0.3 is 9.67 Å². The number of benzene rings is 1. The number of alkyl halides is 3. The molecule has 0 bridgehead atoms. The predicted octanol–water partition coefficient (Wildman–Crippen LogP) is 3.22. The lowest BCUT2D eigenvalue weighted by Crippen LogP contribution is -2.26. The van der Waals surface area contributed by atoms with Gasteiger partial charge in [-0.3, -0.25) is 4.79 Å². The largest absolute Gasteiger partial charge is 0.481 e. The lowest BCUT2D eigenvalue weighted by atomic mass is 10.00. The van der Waals surface area contributed by atoms with Gasteiger partial charge in [0, 0.05) is 24.7 Å². The number of aromatic nitrogens is 2. The summed E-state index contributed by atoms with van der Waals surface area (Å²) in [5.41, 5.74) is 0.447. The Morgan fingerprint density at radius 1 is 1.27 bits per heavy atom. The number of carbonyl (C=O) groups is 1. The number of hydrogen-bond donors (Lipinski definition) is 1. The monoisotopic (exact) mass is 310 g/mol. The fourth-order valence-corrected chi connectivity index (χ4v) is 2.61. The van der Waals surface area contributed by atoms with Gasteiger partial charge in [-0.1, -0.05) is 12.1 Å². The summed E-state index contributed by atoms with van der Waals surface area (Å²) >= 11 is 0. The van der Waals surface area contributed by atoms with Crippen LogP contribution in [0.4, 0.5) is 13.2 Å². The van der Waals surface area contributed by atoms with E-state index in [9.17, 15) is 18.0 Å². The van der Waals surface area contributed by atoms with Gasteiger partial charge in [0.15, 0.2) is 0 Å². The van der Waals surface area contributed by atoms with Crippen molar-refractivity contribution in [3.05, 3.63) is 41.9 Å². The summed E-state index contributed by atoms with van der Waals surface area (Å²) in [5, 5.41) is 9.05. The quantitative estimate of drug-likeness (QED) is 0.926. The number of carboxylic acid groups (broad SMARTS) is 1. The van der Waals surface area contributed by atoms with E-state index >= 15 is 0 Å². The van der Waals surface area contributed by atoms with Crippen molar-refractivity contribution in [1.29, 1.82) is 0 Å². The number of imidazole rings is 1. The molecule has 1 unspecified atom stereocenters. The highest BCUT2D eigenvalue weighted by Crippen LogP contribution is 2.31. The first-order valence-corrected chi connectivity index (χ1v) is 6.81. The highest BCUT2D eigenvalue weighted by Gasteiger charge is 2.30. The Hall–Kier alpha value is -2.31. The summed E-state index contributed by atoms with van der Waals surface area (Å²) in [6.45, 7) is 0.346. The molecule has 1 aliphatic rings. The molecule has 1 atom stereocenters. The standard InChI is InChI=1S/C15H13F3N2O2/c16-15(17,18)11-4-1-9(2-5-11)12-8-20-7-10(14(21)22)3-6-13(20)19-12/h1-2,4-5,8,10H,3,6-7H2,(H,21,22). The third-order valence-corrected chi connectivity index (χ3v) is 3.85. The van der Waals surface area contributed by atoms with Crippen LogP contribution in [0.2, 0.25) is 0 Å². The predicted molar refractivity (Wildman–Crippen MR) is 72.1 cm³/mol. The fourth-order valence-electron chi connectivity index (χ4n) is 2.61. The maximum atomic E-state index is 12.6. The number of fused-ring (bicyclic) bond motifs is 1. The van der Waals surface area contributed by atoms with Crippen molar-refractivity contribution in [3.63, 3.8) is 0 Å². The van der Waals surface area contributed by atoms with E-state index in [1.54, 1.807) is 10.8 Å². The minimum Gasteiger partial charge on any atom is -0.481 e. The third-order valence-electron chi connectivity index (χ3n) is 3.85. The van der Waals surface area contributed by atoms with Crippen LogP contribution in [0.1, 0.15) is 17.8 Å². The maximum absolute atomic E-state index is 12.6. The molecule has 0 fully saturated rings. The van der Waals surface area contributed by atoms with Gasteiger partial charge in [-0.05, 0) is 18.6 Å². The smallest absolute Gasteiger partial charge is 0.416 e. The van der Waals surface area contributed by atoms with E-state index < -0.39 is 23.6 Å². The molecule has 0 amide bonds. The van der Waals surface area contributed by atoms with Gasteiger partial charge in [0.05, 0.1) is 17.2 Å². The molecule has 2 heterocycles. The average Bonchev–Trinajstić information content (AvgIpc) is 2.89. The molecular weight excluding hydrogens is 297 g/mol. The van der Waals surface area contributed by atoms with E-state index in [-0.39, 0.29) is 0 Å². The number of aryl methyl sites for hydroxylation is 1. The van der Waals surface area contributed by atoms with Crippen LogP contribution in [-0.2, 0) is 23.9 Å². The van der Waals surface area contributed by atoms with Crippen molar-refractivity contribution in [1.82, 2.24) is 9.55 Å². The van der Waals surface area contributed by atoms with Crippen LogP contribution in [0.5, 0.6) is 0 Å². The van der Waals surface area contributed by atoms with E-state index in [1.807, 2.05) is 0 Å². The number of rotatable bonds is 2. The van der Waals surface area contributed by atoms with Crippen molar-refractivity contribution in [2.24, 2.45) is 5.92 Å². The van der Waals surface area contributed by atoms with Gasteiger partial charge >= 0.3 is 12.1 Å². The summed E-state index contributed by atoms with van der Waals surface area (Å²) in [7, 11) is 0. The minimum absolute atomic E-state index is 0.346. The average molecular weight is 310 g/mol. The first-order valence-electron chi connectivity index (χ1n) is 6.81. The normalized spacial score (nSPS) is 18.0. The number of aliphatic carboxylic acids is 1. The molecule has 22 heavy (non-hydrogen) atoms. The van der Waals surface area contributed by atoms with Crippen molar-refractivity contribution in [3.8, 4) is 11.3 Å². The Balaban J connectivity index is 1.87. The highest BCUT2D eigenvalue weighted by molar-refractivity contribution is 5.70. The van der Waals surface area contributed by atoms with Crippen molar-refractivity contribution in [2.45, 2.75) is 25.6 Å². The Labute approximate surface area is 124 Å². The van der Waals surface area contributed by atoms with Crippen LogP contribution in [0.15, 0.2) is 30.5 Å². The number of nitrogens with zero attached hydrogens (tertiary/aromatic N) is 2. The minimum atomic E-state index is -4.36. The molecular formula is C15H13F3N2O2. The summed E-state index contributed by atoms with van der Waals surface area (Å²) < 4.78 is 39.4. The van der Waals surface area contributed by atoms with Crippen molar-refractivity contribution >= 4 is 5.97 Å². The van der Waals surface area contributed by atoms with Gasteiger partial charge in [-0.2, -0.15) is 13.2 Å². The van der Waals surface area contributed by atoms with Gasteiger partial charge in [-0.15, -0.1) is 0 Å². The maximum Gasteiger partial charge on any atom is 0.416 e. The molecule has 1 N–H and O–H groups in total. The molecule has 0 radical (unpaired) electrons. The number of carboxylic acids is 1. The summed E-state index contributed by atoms with van der Waals surface area (Å²) in [5.74, 6) is -0.509. The summed E-state index contributed by atoms with van der Waals surface area (Å²) in [4.78, 5) is 15.4. The second kappa shape index (κ2) is 5.15. The Morgan fingerprint density at radius 3 is 2.55 bits per heavy atom. The lowest BCUT2D eigenvalue weighted by Gasteiger charge is -2.19. The zero-order valence-corrected chi connectivity index (χ0v) is 11.5. The first kappa shape index (κ1) is 14.6. The van der Waals surface area contributed by atoms with Crippen LogP contribution in [0, 0.1) is 5.92 Å². The zero-order valence-electron chi connectivity index (χ0n) is 11.5. The van der Waals surface area contributed by atoms with E-state index in [0.717, 1.165) is 18.0 Å². The molecule has 0 saturated heterocycles. The molecule has 2 aromatic rings. The molecule has 0 spiro atoms. The number of halogens is 3. The SMILES string of the molecule is O=C(O)C1CCc2nc(-c3ccc(C(F)(F)F)cc3)cn2C1. The third kappa shape index (κ3) is 2.70. The van der Waals surface area contributed by atoms with Gasteiger partial charge in [0.2, 0.25) is 0 Å². The Kier molecular flexibility index (Phi) is 3.42. The second-order valence-electron chi connectivity index (χ2n) is 5.34.